The van der Waals surface area contributed by atoms with Gasteiger partial charge in [0.2, 0.25) is 5.91 Å². The van der Waals surface area contributed by atoms with E-state index < -0.39 is 0 Å². The average molecular weight is 347 g/mol. The van der Waals surface area contributed by atoms with Crippen LogP contribution >= 0.6 is 22.9 Å². The topological polar surface area (TPSA) is 59.8 Å². The number of carbonyl (C=O) groups is 1. The van der Waals surface area contributed by atoms with Crippen LogP contribution in [0.15, 0.2) is 54.4 Å². The number of rotatable bonds is 6. The molecular weight excluding hydrogens is 332 g/mol. The fourth-order valence-electron chi connectivity index (χ4n) is 2.23. The molecule has 0 saturated heterocycles. The maximum absolute atomic E-state index is 12.3. The van der Waals surface area contributed by atoms with Gasteiger partial charge in [-0.1, -0.05) is 29.8 Å². The van der Waals surface area contributed by atoms with E-state index in [-0.39, 0.29) is 11.9 Å². The molecule has 0 saturated carbocycles. The minimum Gasteiger partial charge on any atom is -0.344 e. The van der Waals surface area contributed by atoms with Crippen molar-refractivity contribution < 1.29 is 4.79 Å². The third-order valence-electron chi connectivity index (χ3n) is 3.37. The van der Waals surface area contributed by atoms with Crippen LogP contribution < -0.4 is 5.32 Å². The van der Waals surface area contributed by atoms with Crippen molar-refractivity contribution in [3.8, 4) is 0 Å². The minimum atomic E-state index is -0.171. The van der Waals surface area contributed by atoms with Gasteiger partial charge in [-0.15, -0.1) is 11.3 Å². The quantitative estimate of drug-likeness (QED) is 0.745. The van der Waals surface area contributed by atoms with Crippen LogP contribution in [0.25, 0.3) is 0 Å². The maximum Gasteiger partial charge on any atom is 0.222 e. The lowest BCUT2D eigenvalue weighted by atomic mass is 10.1. The van der Waals surface area contributed by atoms with Gasteiger partial charge in [0.15, 0.2) is 0 Å². The van der Waals surface area contributed by atoms with E-state index in [1.54, 1.807) is 22.3 Å². The van der Waals surface area contributed by atoms with Crippen LogP contribution in [-0.2, 0) is 11.3 Å². The number of hydrogen-bond acceptors (Lipinski definition) is 4. The van der Waals surface area contributed by atoms with Crippen molar-refractivity contribution in [2.24, 2.45) is 0 Å². The van der Waals surface area contributed by atoms with Crippen LogP contribution in [0.5, 0.6) is 0 Å². The summed E-state index contributed by atoms with van der Waals surface area (Å²) >= 11 is 7.57. The molecule has 1 amide bonds. The molecule has 118 valence electrons. The van der Waals surface area contributed by atoms with Crippen LogP contribution in [0, 0.1) is 0 Å². The zero-order valence-corrected chi connectivity index (χ0v) is 13.8. The monoisotopic (exact) mass is 346 g/mol. The van der Waals surface area contributed by atoms with E-state index in [4.69, 9.17) is 11.6 Å². The third-order valence-corrected chi connectivity index (χ3v) is 4.56. The maximum atomic E-state index is 12.3. The van der Waals surface area contributed by atoms with Crippen molar-refractivity contribution in [2.45, 2.75) is 19.0 Å². The van der Waals surface area contributed by atoms with E-state index in [9.17, 15) is 4.79 Å². The van der Waals surface area contributed by atoms with Crippen LogP contribution in [0.2, 0.25) is 5.02 Å². The predicted octanol–water partition coefficient (Wildman–Crippen LogP) is 3.29. The van der Waals surface area contributed by atoms with Crippen LogP contribution in [0.1, 0.15) is 22.9 Å². The third kappa shape index (κ3) is 4.18. The Bertz CT molecular complexity index is 741. The van der Waals surface area contributed by atoms with Crippen molar-refractivity contribution in [1.29, 1.82) is 0 Å². The lowest BCUT2D eigenvalue weighted by Gasteiger charge is -2.18. The standard InChI is InChI=1S/C16H15ClN4OS/c17-13-5-3-12(4-6-13)16(14-2-1-9-23-14)20-15(22)7-8-21-11-18-10-19-21/h1-6,9-11,16H,7-8H2,(H,20,22)/t16-/m0/s1. The summed E-state index contributed by atoms with van der Waals surface area (Å²) in [6.45, 7) is 0.504. The fraction of sp³-hybridized carbons (Fsp3) is 0.188. The van der Waals surface area contributed by atoms with E-state index in [1.807, 2.05) is 41.8 Å². The Morgan fingerprint density at radius 1 is 1.30 bits per heavy atom. The Balaban J connectivity index is 1.71. The highest BCUT2D eigenvalue weighted by Crippen LogP contribution is 2.27. The Morgan fingerprint density at radius 3 is 2.78 bits per heavy atom. The van der Waals surface area contributed by atoms with Gasteiger partial charge in [0, 0.05) is 16.3 Å². The number of amides is 1. The number of halogens is 1. The first kappa shape index (κ1) is 15.7. The zero-order valence-electron chi connectivity index (χ0n) is 12.2. The minimum absolute atomic E-state index is 0.0335. The van der Waals surface area contributed by atoms with Gasteiger partial charge in [0.05, 0.1) is 12.6 Å². The van der Waals surface area contributed by atoms with Gasteiger partial charge in [-0.3, -0.25) is 9.48 Å². The summed E-state index contributed by atoms with van der Waals surface area (Å²) in [7, 11) is 0. The molecule has 3 aromatic rings. The van der Waals surface area contributed by atoms with Gasteiger partial charge in [-0.25, -0.2) is 4.98 Å². The van der Waals surface area contributed by atoms with Crippen LogP contribution in [-0.4, -0.2) is 20.7 Å². The second-order valence-corrected chi connectivity index (χ2v) is 6.39. The van der Waals surface area contributed by atoms with E-state index in [0.29, 0.717) is 18.0 Å². The molecule has 5 nitrogen and oxygen atoms in total. The second kappa shape index (κ2) is 7.39. The van der Waals surface area contributed by atoms with Gasteiger partial charge in [0.1, 0.15) is 12.7 Å². The van der Waals surface area contributed by atoms with Gasteiger partial charge < -0.3 is 5.32 Å². The Hall–Kier alpha value is -2.18. The molecule has 0 fully saturated rings. The molecule has 0 unspecified atom stereocenters. The van der Waals surface area contributed by atoms with E-state index in [0.717, 1.165) is 10.4 Å². The number of hydrogen-bond donors (Lipinski definition) is 1. The normalized spacial score (nSPS) is 12.0. The van der Waals surface area contributed by atoms with Crippen LogP contribution in [0.3, 0.4) is 0 Å². The summed E-state index contributed by atoms with van der Waals surface area (Å²) in [5.74, 6) is -0.0335. The lowest BCUT2D eigenvalue weighted by molar-refractivity contribution is -0.121. The number of nitrogens with zero attached hydrogens (tertiary/aromatic N) is 3. The zero-order chi connectivity index (χ0) is 16.1. The predicted molar refractivity (Wildman–Crippen MR) is 90.4 cm³/mol. The highest BCUT2D eigenvalue weighted by atomic mass is 35.5. The molecule has 3 rings (SSSR count). The lowest BCUT2D eigenvalue weighted by Crippen LogP contribution is -2.29. The van der Waals surface area contributed by atoms with E-state index in [2.05, 4.69) is 15.4 Å². The SMILES string of the molecule is O=C(CCn1cncn1)N[C@@H](c1ccc(Cl)cc1)c1cccs1. The van der Waals surface area contributed by atoms with Gasteiger partial charge in [-0.2, -0.15) is 5.10 Å². The van der Waals surface area contributed by atoms with Gasteiger partial charge >= 0.3 is 0 Å². The molecule has 7 heteroatoms. The Labute approximate surface area is 142 Å². The van der Waals surface area contributed by atoms with Gasteiger partial charge in [0.25, 0.3) is 0 Å². The Morgan fingerprint density at radius 2 is 2.13 bits per heavy atom. The van der Waals surface area contributed by atoms with Crippen molar-refractivity contribution in [3.63, 3.8) is 0 Å². The molecule has 0 aliphatic carbocycles. The van der Waals surface area contributed by atoms with Crippen molar-refractivity contribution in [3.05, 3.63) is 69.9 Å². The molecule has 0 aliphatic heterocycles. The van der Waals surface area contributed by atoms with Crippen molar-refractivity contribution >= 4 is 28.8 Å². The average Bonchev–Trinajstić information content (AvgIpc) is 3.25. The summed E-state index contributed by atoms with van der Waals surface area (Å²) in [4.78, 5) is 17.2. The summed E-state index contributed by atoms with van der Waals surface area (Å²) < 4.78 is 1.64. The summed E-state index contributed by atoms with van der Waals surface area (Å²) in [5.41, 5.74) is 1.01. The van der Waals surface area contributed by atoms with Crippen LogP contribution in [0.4, 0.5) is 0 Å². The highest BCUT2D eigenvalue weighted by molar-refractivity contribution is 7.10. The molecule has 23 heavy (non-hydrogen) atoms. The molecule has 0 bridgehead atoms. The first-order valence-electron chi connectivity index (χ1n) is 7.13. The molecule has 0 spiro atoms. The first-order valence-corrected chi connectivity index (χ1v) is 8.39. The number of thiophene rings is 1. The largest absolute Gasteiger partial charge is 0.344 e. The number of aryl methyl sites for hydroxylation is 1. The fourth-order valence-corrected chi connectivity index (χ4v) is 3.16. The van der Waals surface area contributed by atoms with E-state index in [1.165, 1.54) is 6.33 Å². The molecule has 2 aromatic heterocycles. The van der Waals surface area contributed by atoms with Gasteiger partial charge in [-0.05, 0) is 29.1 Å². The molecule has 1 N–H and O–H groups in total. The second-order valence-electron chi connectivity index (χ2n) is 4.98. The molecule has 1 aromatic carbocycles. The molecule has 0 radical (unpaired) electrons. The van der Waals surface area contributed by atoms with Crippen molar-refractivity contribution in [1.82, 2.24) is 20.1 Å². The summed E-state index contributed by atoms with van der Waals surface area (Å²) in [5, 5.41) is 9.76. The Kier molecular flexibility index (Phi) is 5.05. The summed E-state index contributed by atoms with van der Waals surface area (Å²) in [6.07, 6.45) is 3.40. The summed E-state index contributed by atoms with van der Waals surface area (Å²) in [6, 6.07) is 11.4. The number of aromatic nitrogens is 3. The van der Waals surface area contributed by atoms with E-state index >= 15 is 0 Å². The molecule has 0 aliphatic rings. The molecule has 1 atom stereocenters. The smallest absolute Gasteiger partial charge is 0.222 e. The highest BCUT2D eigenvalue weighted by Gasteiger charge is 2.17. The first-order chi connectivity index (χ1) is 11.2. The number of nitrogens with one attached hydrogen (secondary N) is 1. The molecular formula is C16H15ClN4OS. The van der Waals surface area contributed by atoms with Crippen molar-refractivity contribution in [2.75, 3.05) is 0 Å². The number of carbonyl (C=O) groups excluding carboxylic acids is 1. The number of benzene rings is 1. The molecule has 2 heterocycles.